The highest BCUT2D eigenvalue weighted by Gasteiger charge is 2.38. The van der Waals surface area contributed by atoms with Crippen LogP contribution in [0.1, 0.15) is 74.9 Å². The van der Waals surface area contributed by atoms with E-state index in [9.17, 15) is 0 Å². The van der Waals surface area contributed by atoms with Gasteiger partial charge in [-0.05, 0) is 228 Å². The summed E-state index contributed by atoms with van der Waals surface area (Å²) in [6.07, 6.45) is 0. The minimum absolute atomic E-state index is 0.0842. The Morgan fingerprint density at radius 1 is 0.194 bits per heavy atom. The molecular formula is C103H73N5. The van der Waals surface area contributed by atoms with Gasteiger partial charge in [-0.25, -0.2) is 9.97 Å². The van der Waals surface area contributed by atoms with Crippen molar-refractivity contribution >= 4 is 65.4 Å². The summed E-state index contributed by atoms with van der Waals surface area (Å²) in [6, 6.07) is 124. The molecular weight excluding hydrogens is 1310 g/mol. The highest BCUT2D eigenvalue weighted by molar-refractivity contribution is 6.13. The first-order chi connectivity index (χ1) is 52.8. The highest BCUT2D eigenvalue weighted by Crippen LogP contribution is 2.54. The van der Waals surface area contributed by atoms with E-state index in [4.69, 9.17) is 9.97 Å². The lowest BCUT2D eigenvalue weighted by Gasteiger charge is -2.22. The topological polar surface area (TPSA) is 40.6 Å². The second-order valence-corrected chi connectivity index (χ2v) is 31.6. The summed E-state index contributed by atoms with van der Waals surface area (Å²) in [7, 11) is 0. The third kappa shape index (κ3) is 9.12. The zero-order chi connectivity index (χ0) is 72.1. The van der Waals surface area contributed by atoms with Crippen LogP contribution in [0.5, 0.6) is 0 Å². The van der Waals surface area contributed by atoms with Crippen LogP contribution < -0.4 is 0 Å². The molecule has 4 aromatic heterocycles. The molecule has 0 fully saturated rings. The third-order valence-corrected chi connectivity index (χ3v) is 24.7. The summed E-state index contributed by atoms with van der Waals surface area (Å²) >= 11 is 0. The van der Waals surface area contributed by atoms with E-state index in [-0.39, 0.29) is 16.2 Å². The summed E-state index contributed by atoms with van der Waals surface area (Å²) in [4.78, 5) is 11.0. The number of rotatable bonds is 9. The van der Waals surface area contributed by atoms with Crippen LogP contribution in [0.15, 0.2) is 334 Å². The Bertz CT molecular complexity index is 6370. The number of aromatic nitrogens is 5. The Hall–Kier alpha value is -13.2. The van der Waals surface area contributed by atoms with Gasteiger partial charge in [-0.15, -0.1) is 0 Å². The number of hydrogen-bond donors (Lipinski definition) is 0. The lowest BCUT2D eigenvalue weighted by atomic mass is 9.81. The first-order valence-corrected chi connectivity index (χ1v) is 37.8. The van der Waals surface area contributed by atoms with E-state index < -0.39 is 0 Å². The van der Waals surface area contributed by atoms with E-state index in [1.807, 2.05) is 0 Å². The standard InChI is InChI=1S/C103H73N5/c1-101(2)86-25-13-7-19-74(86)77-49-37-68(58-89(77)101)65-40-52-97-83(55-65)80-22-10-16-28-94(80)106(97)71-43-31-62(32-44-71)92-61-93(63-33-45-72(46-34-63)107-95-29-17-11-23-81(95)84-56-66(41-53-98(84)107)69-38-50-78-75-20-8-14-26-87(75)102(3,4)90(78)59-69)105-100(104-92)64-35-47-73(48-36-64)108-96-30-18-12-24-82(96)85-57-67(42-54-99(85)108)70-39-51-79-76-21-9-15-27-88(76)103(5,6)91(79)60-70/h7-61H,1-6H3. The van der Waals surface area contributed by atoms with Gasteiger partial charge >= 0.3 is 0 Å². The summed E-state index contributed by atoms with van der Waals surface area (Å²) < 4.78 is 7.23. The van der Waals surface area contributed by atoms with E-state index in [0.717, 1.165) is 78.2 Å². The monoisotopic (exact) mass is 1380 g/mol. The van der Waals surface area contributed by atoms with Crippen molar-refractivity contribution in [3.05, 3.63) is 367 Å². The number of para-hydroxylation sites is 3. The first-order valence-electron chi connectivity index (χ1n) is 37.8. The summed E-state index contributed by atoms with van der Waals surface area (Å²) in [5.74, 6) is 0.652. The zero-order valence-electron chi connectivity index (χ0n) is 61.0. The molecule has 0 aliphatic heterocycles. The molecule has 0 unspecified atom stereocenters. The van der Waals surface area contributed by atoms with E-state index in [0.29, 0.717) is 5.82 Å². The Balaban J connectivity index is 0.631. The molecule has 19 aromatic rings. The summed E-state index contributed by atoms with van der Waals surface area (Å²) in [6.45, 7) is 14.2. The van der Waals surface area contributed by atoms with Gasteiger partial charge in [0.1, 0.15) is 0 Å². The average molecular weight is 1380 g/mol. The van der Waals surface area contributed by atoms with Gasteiger partial charge in [-0.1, -0.05) is 248 Å². The fourth-order valence-corrected chi connectivity index (χ4v) is 19.1. The van der Waals surface area contributed by atoms with Gasteiger partial charge < -0.3 is 13.7 Å². The maximum absolute atomic E-state index is 5.51. The van der Waals surface area contributed by atoms with Crippen molar-refractivity contribution in [2.45, 2.75) is 57.8 Å². The van der Waals surface area contributed by atoms with E-state index in [2.05, 4.69) is 389 Å². The van der Waals surface area contributed by atoms with Crippen molar-refractivity contribution in [2.24, 2.45) is 0 Å². The van der Waals surface area contributed by atoms with Crippen molar-refractivity contribution < 1.29 is 0 Å². The van der Waals surface area contributed by atoms with Crippen LogP contribution in [-0.4, -0.2) is 23.7 Å². The van der Waals surface area contributed by atoms with Crippen LogP contribution in [0.4, 0.5) is 0 Å². The lowest BCUT2D eigenvalue weighted by Crippen LogP contribution is -2.14. The normalized spacial score (nSPS) is 14.1. The number of hydrogen-bond acceptors (Lipinski definition) is 2. The number of fused-ring (bicyclic) bond motifs is 18. The first kappa shape index (κ1) is 62.2. The van der Waals surface area contributed by atoms with Gasteiger partial charge in [-0.2, -0.15) is 0 Å². The minimum atomic E-state index is -0.0852. The van der Waals surface area contributed by atoms with Crippen LogP contribution in [0, 0.1) is 0 Å². The molecule has 0 bridgehead atoms. The summed E-state index contributed by atoms with van der Waals surface area (Å²) in [5, 5.41) is 7.32. The zero-order valence-corrected chi connectivity index (χ0v) is 61.0. The predicted octanol–water partition coefficient (Wildman–Crippen LogP) is 26.7. The van der Waals surface area contributed by atoms with Gasteiger partial charge in [0.2, 0.25) is 0 Å². The number of benzene rings is 15. The van der Waals surface area contributed by atoms with Crippen LogP contribution in [-0.2, 0) is 16.2 Å². The van der Waals surface area contributed by atoms with Gasteiger partial charge in [-0.3, -0.25) is 0 Å². The van der Waals surface area contributed by atoms with Gasteiger partial charge in [0.25, 0.3) is 0 Å². The Morgan fingerprint density at radius 2 is 0.444 bits per heavy atom. The fourth-order valence-electron chi connectivity index (χ4n) is 19.1. The Morgan fingerprint density at radius 3 is 0.778 bits per heavy atom. The molecule has 5 heteroatoms. The SMILES string of the molecule is CC1(C)c2ccccc2-c2ccc(-c3ccc4c(c3)c3ccccc3n4-c3ccc(-c4cc(-c5ccc(-n6c7ccccc7c7cc(-c8ccc9c(c8)C(C)(C)c8ccccc8-9)ccc76)cc5)nc(-c5ccc(-n6c7ccccc7c7cc(-c8ccc9c(c8)C(C)(C)c8ccccc8-9)ccc76)cc5)n4)cc3)cc21. The minimum Gasteiger partial charge on any atom is -0.309 e. The molecule has 22 rings (SSSR count). The molecule has 0 saturated carbocycles. The third-order valence-electron chi connectivity index (χ3n) is 24.7. The molecule has 0 N–H and O–H groups in total. The van der Waals surface area contributed by atoms with Gasteiger partial charge in [0.15, 0.2) is 5.82 Å². The molecule has 0 spiro atoms. The second-order valence-electron chi connectivity index (χ2n) is 31.6. The van der Waals surface area contributed by atoms with Crippen molar-refractivity contribution in [1.82, 2.24) is 23.7 Å². The lowest BCUT2D eigenvalue weighted by molar-refractivity contribution is 0.660. The molecule has 0 saturated heterocycles. The van der Waals surface area contributed by atoms with E-state index in [1.54, 1.807) is 0 Å². The van der Waals surface area contributed by atoms with Crippen LogP contribution >= 0.6 is 0 Å². The van der Waals surface area contributed by atoms with Crippen LogP contribution in [0.25, 0.3) is 183 Å². The molecule has 510 valence electrons. The molecule has 15 aromatic carbocycles. The molecule has 4 heterocycles. The largest absolute Gasteiger partial charge is 0.309 e. The quantitative estimate of drug-likeness (QED) is 0.144. The molecule has 108 heavy (non-hydrogen) atoms. The molecule has 3 aliphatic rings. The van der Waals surface area contributed by atoms with Gasteiger partial charge in [0.05, 0.1) is 44.5 Å². The summed E-state index contributed by atoms with van der Waals surface area (Å²) in [5.41, 5.74) is 38.2. The molecule has 0 amide bonds. The fraction of sp³-hybridized carbons (Fsp3) is 0.0874. The van der Waals surface area contributed by atoms with E-state index in [1.165, 1.54) is 132 Å². The maximum Gasteiger partial charge on any atom is 0.160 e. The highest BCUT2D eigenvalue weighted by atomic mass is 15.0. The van der Waals surface area contributed by atoms with Crippen molar-refractivity contribution in [1.29, 1.82) is 0 Å². The maximum atomic E-state index is 5.51. The van der Waals surface area contributed by atoms with Crippen molar-refractivity contribution in [2.75, 3.05) is 0 Å². The van der Waals surface area contributed by atoms with Gasteiger partial charge in [0, 0.05) is 82.3 Å². The van der Waals surface area contributed by atoms with Crippen LogP contribution in [0.2, 0.25) is 0 Å². The molecule has 5 nitrogen and oxygen atoms in total. The molecule has 0 atom stereocenters. The molecule has 0 radical (unpaired) electrons. The Kier molecular flexibility index (Phi) is 13.2. The van der Waals surface area contributed by atoms with Crippen molar-refractivity contribution in [3.63, 3.8) is 0 Å². The number of nitrogens with zero attached hydrogens (tertiary/aromatic N) is 5. The van der Waals surface area contributed by atoms with Crippen molar-refractivity contribution in [3.8, 4) is 118 Å². The second kappa shape index (κ2) is 22.9. The smallest absolute Gasteiger partial charge is 0.160 e. The predicted molar refractivity (Wildman–Crippen MR) is 450 cm³/mol. The average Bonchev–Trinajstić information content (AvgIpc) is 1.60. The Labute approximate surface area is 627 Å². The van der Waals surface area contributed by atoms with E-state index >= 15 is 0 Å². The molecule has 3 aliphatic carbocycles. The van der Waals surface area contributed by atoms with Crippen LogP contribution in [0.3, 0.4) is 0 Å².